The molecule has 0 aromatic carbocycles. The number of likely N-dealkylation sites (tertiary alicyclic amines) is 1. The predicted molar refractivity (Wildman–Crippen MR) is 92.5 cm³/mol. The second-order valence-corrected chi connectivity index (χ2v) is 4.84. The molecule has 0 bridgehead atoms. The highest BCUT2D eigenvalue weighted by Crippen LogP contribution is 2.07. The van der Waals surface area contributed by atoms with Gasteiger partial charge in [0.05, 0.1) is 12.2 Å². The largest absolute Gasteiger partial charge is 0.355 e. The van der Waals surface area contributed by atoms with Crippen LogP contribution in [0.1, 0.15) is 25.0 Å². The second-order valence-electron chi connectivity index (χ2n) is 4.84. The van der Waals surface area contributed by atoms with E-state index in [0.29, 0.717) is 6.54 Å². The lowest BCUT2D eigenvalue weighted by molar-refractivity contribution is 0.232. The van der Waals surface area contributed by atoms with Crippen LogP contribution in [0.5, 0.6) is 0 Å². The molecule has 0 atom stereocenters. The summed E-state index contributed by atoms with van der Waals surface area (Å²) in [4.78, 5) is 6.72. The van der Waals surface area contributed by atoms with E-state index in [1.165, 1.54) is 32.4 Å². The van der Waals surface area contributed by atoms with Crippen molar-refractivity contribution >= 4 is 29.9 Å². The number of nitrogens with zero attached hydrogens (tertiary/aromatic N) is 3. The van der Waals surface area contributed by atoms with E-state index in [2.05, 4.69) is 30.7 Å². The molecule has 2 rings (SSSR count). The van der Waals surface area contributed by atoms with Crippen LogP contribution < -0.4 is 10.6 Å². The molecule has 20 heavy (non-hydrogen) atoms. The van der Waals surface area contributed by atoms with Gasteiger partial charge in [-0.05, 0) is 32.0 Å². The van der Waals surface area contributed by atoms with Gasteiger partial charge in [0.25, 0.3) is 0 Å². The Hall–Kier alpha value is -0.830. The molecule has 6 nitrogen and oxygen atoms in total. The van der Waals surface area contributed by atoms with Crippen LogP contribution >= 0.6 is 24.0 Å². The Bertz CT molecular complexity index is 372. The van der Waals surface area contributed by atoms with Crippen molar-refractivity contribution < 1.29 is 0 Å². The molecule has 1 aliphatic heterocycles. The molecular weight excluding hydrogens is 367 g/mol. The minimum Gasteiger partial charge on any atom is -0.355 e. The fraction of sp³-hybridized carbons (Fsp3) is 0.692. The summed E-state index contributed by atoms with van der Waals surface area (Å²) in [7, 11) is 1.79. The summed E-state index contributed by atoms with van der Waals surface area (Å²) in [5.74, 6) is 0.839. The molecule has 1 aromatic heterocycles. The molecule has 114 valence electrons. The van der Waals surface area contributed by atoms with Crippen molar-refractivity contribution in [3.63, 3.8) is 0 Å². The first-order chi connectivity index (χ1) is 9.38. The third-order valence-corrected chi connectivity index (χ3v) is 3.40. The predicted octanol–water partition coefficient (Wildman–Crippen LogP) is 1.18. The lowest BCUT2D eigenvalue weighted by Crippen LogP contribution is -2.42. The molecule has 0 unspecified atom stereocenters. The minimum absolute atomic E-state index is 0. The standard InChI is InChI=1S/C13H24N6.HI/c1-14-13(16-11-12-5-6-17-18-12)15-7-10-19-8-3-2-4-9-19;/h5-6H,2-4,7-11H2,1H3,(H,17,18)(H2,14,15,16);1H. The Morgan fingerprint density at radius 2 is 2.15 bits per heavy atom. The summed E-state index contributed by atoms with van der Waals surface area (Å²) in [6.45, 7) is 5.21. The Morgan fingerprint density at radius 3 is 2.80 bits per heavy atom. The van der Waals surface area contributed by atoms with Gasteiger partial charge in [0.1, 0.15) is 0 Å². The Balaban J connectivity index is 0.00000200. The zero-order valence-electron chi connectivity index (χ0n) is 12.1. The van der Waals surface area contributed by atoms with E-state index in [1.54, 1.807) is 13.2 Å². The van der Waals surface area contributed by atoms with Crippen LogP contribution in [0.25, 0.3) is 0 Å². The molecular formula is C13H25IN6. The first kappa shape index (κ1) is 17.2. The average molecular weight is 392 g/mol. The summed E-state index contributed by atoms with van der Waals surface area (Å²) in [6.07, 6.45) is 5.82. The Morgan fingerprint density at radius 1 is 1.35 bits per heavy atom. The molecule has 1 aliphatic rings. The highest BCUT2D eigenvalue weighted by Gasteiger charge is 2.09. The van der Waals surface area contributed by atoms with Crippen molar-refractivity contribution in [3.8, 4) is 0 Å². The summed E-state index contributed by atoms with van der Waals surface area (Å²) in [6, 6.07) is 1.95. The maximum absolute atomic E-state index is 4.21. The van der Waals surface area contributed by atoms with Crippen molar-refractivity contribution in [2.24, 2.45) is 4.99 Å². The van der Waals surface area contributed by atoms with E-state index in [1.807, 2.05) is 6.07 Å². The van der Waals surface area contributed by atoms with Crippen molar-refractivity contribution in [2.75, 3.05) is 33.2 Å². The van der Waals surface area contributed by atoms with Crippen LogP contribution in [0.4, 0.5) is 0 Å². The van der Waals surface area contributed by atoms with Crippen molar-refractivity contribution in [3.05, 3.63) is 18.0 Å². The smallest absolute Gasteiger partial charge is 0.191 e. The molecule has 1 aromatic rings. The first-order valence-corrected chi connectivity index (χ1v) is 7.03. The minimum atomic E-state index is 0. The number of hydrogen-bond donors (Lipinski definition) is 3. The number of aliphatic imine (C=N–C) groups is 1. The first-order valence-electron chi connectivity index (χ1n) is 7.03. The Kier molecular flexibility index (Phi) is 8.59. The number of aromatic amines is 1. The van der Waals surface area contributed by atoms with Gasteiger partial charge >= 0.3 is 0 Å². The second kappa shape index (κ2) is 9.98. The molecule has 0 radical (unpaired) electrons. The molecule has 7 heteroatoms. The fourth-order valence-electron chi connectivity index (χ4n) is 2.30. The van der Waals surface area contributed by atoms with E-state index >= 15 is 0 Å². The van der Waals surface area contributed by atoms with Crippen molar-refractivity contribution in [1.29, 1.82) is 0 Å². The van der Waals surface area contributed by atoms with Crippen molar-refractivity contribution in [2.45, 2.75) is 25.8 Å². The van der Waals surface area contributed by atoms with Gasteiger partial charge in [-0.15, -0.1) is 24.0 Å². The van der Waals surface area contributed by atoms with Crippen LogP contribution in [0.3, 0.4) is 0 Å². The maximum atomic E-state index is 4.21. The van der Waals surface area contributed by atoms with Gasteiger partial charge in [-0.25, -0.2) is 0 Å². The number of aromatic nitrogens is 2. The van der Waals surface area contributed by atoms with Gasteiger partial charge in [0.2, 0.25) is 0 Å². The highest BCUT2D eigenvalue weighted by atomic mass is 127. The number of nitrogens with one attached hydrogen (secondary N) is 3. The van der Waals surface area contributed by atoms with Gasteiger partial charge in [-0.2, -0.15) is 5.10 Å². The monoisotopic (exact) mass is 392 g/mol. The molecule has 3 N–H and O–H groups in total. The molecule has 0 aliphatic carbocycles. The summed E-state index contributed by atoms with van der Waals surface area (Å²) < 4.78 is 0. The van der Waals surface area contributed by atoms with Gasteiger partial charge in [0.15, 0.2) is 5.96 Å². The van der Waals surface area contributed by atoms with E-state index < -0.39 is 0 Å². The van der Waals surface area contributed by atoms with Crippen molar-refractivity contribution in [1.82, 2.24) is 25.7 Å². The zero-order valence-corrected chi connectivity index (χ0v) is 14.4. The molecule has 1 fully saturated rings. The number of halogens is 1. The Labute approximate surface area is 137 Å². The summed E-state index contributed by atoms with van der Waals surface area (Å²) in [5, 5.41) is 13.4. The number of H-pyrrole nitrogens is 1. The maximum Gasteiger partial charge on any atom is 0.191 e. The SMILES string of the molecule is CN=C(NCCN1CCCCC1)NCc1ccn[nH]1.I. The van der Waals surface area contributed by atoms with Gasteiger partial charge < -0.3 is 15.5 Å². The number of guanidine groups is 1. The van der Waals surface area contributed by atoms with E-state index in [0.717, 1.165) is 24.7 Å². The fourth-order valence-corrected chi connectivity index (χ4v) is 2.30. The van der Waals surface area contributed by atoms with Gasteiger partial charge in [-0.3, -0.25) is 10.1 Å². The molecule has 1 saturated heterocycles. The van der Waals surface area contributed by atoms with Crippen LogP contribution in [0.15, 0.2) is 17.3 Å². The number of piperidine rings is 1. The molecule has 0 amide bonds. The lowest BCUT2D eigenvalue weighted by Gasteiger charge is -2.26. The molecule has 0 spiro atoms. The molecule has 2 heterocycles. The van der Waals surface area contributed by atoms with E-state index in [-0.39, 0.29) is 24.0 Å². The van der Waals surface area contributed by atoms with Crippen LogP contribution in [-0.4, -0.2) is 54.3 Å². The van der Waals surface area contributed by atoms with Crippen LogP contribution in [-0.2, 0) is 6.54 Å². The van der Waals surface area contributed by atoms with E-state index in [9.17, 15) is 0 Å². The quantitative estimate of drug-likeness (QED) is 0.400. The van der Waals surface area contributed by atoms with Gasteiger partial charge in [-0.1, -0.05) is 6.42 Å². The van der Waals surface area contributed by atoms with Crippen LogP contribution in [0, 0.1) is 0 Å². The lowest BCUT2D eigenvalue weighted by atomic mass is 10.1. The topological polar surface area (TPSA) is 68.3 Å². The summed E-state index contributed by atoms with van der Waals surface area (Å²) >= 11 is 0. The normalized spacial score (nSPS) is 16.6. The van der Waals surface area contributed by atoms with Crippen LogP contribution in [0.2, 0.25) is 0 Å². The zero-order chi connectivity index (χ0) is 13.3. The third-order valence-electron chi connectivity index (χ3n) is 3.40. The average Bonchev–Trinajstić information content (AvgIpc) is 2.97. The number of rotatable bonds is 5. The van der Waals surface area contributed by atoms with Gasteiger partial charge in [0, 0.05) is 26.3 Å². The summed E-state index contributed by atoms with van der Waals surface area (Å²) in [5.41, 5.74) is 1.05. The molecule has 0 saturated carbocycles. The third kappa shape index (κ3) is 6.08. The number of hydrogen-bond acceptors (Lipinski definition) is 3. The highest BCUT2D eigenvalue weighted by molar-refractivity contribution is 14.0. The van der Waals surface area contributed by atoms with E-state index in [4.69, 9.17) is 0 Å².